The van der Waals surface area contributed by atoms with Gasteiger partial charge < -0.3 is 5.73 Å². The number of aromatic nitrogens is 1. The van der Waals surface area contributed by atoms with Crippen molar-refractivity contribution in [1.29, 1.82) is 5.26 Å². The van der Waals surface area contributed by atoms with Crippen LogP contribution in [0, 0.1) is 11.3 Å². The largest absolute Gasteiger partial charge is 0.384 e. The van der Waals surface area contributed by atoms with Crippen molar-refractivity contribution in [1.82, 2.24) is 4.98 Å². The second-order valence-electron chi connectivity index (χ2n) is 2.83. The molecule has 3 nitrogen and oxygen atoms in total. The van der Waals surface area contributed by atoms with Crippen LogP contribution in [0.5, 0.6) is 0 Å². The summed E-state index contributed by atoms with van der Waals surface area (Å²) in [5.41, 5.74) is 5.51. The highest BCUT2D eigenvalue weighted by molar-refractivity contribution is 6.17. The molecule has 1 aromatic rings. The standard InChI is InChI=1S/C9H8ClF2N3/c10-4-7-5(1-2-13)6(9(11)12)3-8(14)15-7/h3,9H,1,4H2,(H2,14,15). The fraction of sp³-hybridized carbons (Fsp3) is 0.333. The fourth-order valence-electron chi connectivity index (χ4n) is 1.26. The van der Waals surface area contributed by atoms with Crippen LogP contribution in [-0.4, -0.2) is 4.98 Å². The van der Waals surface area contributed by atoms with E-state index < -0.39 is 6.43 Å². The van der Waals surface area contributed by atoms with E-state index in [0.717, 1.165) is 6.07 Å². The van der Waals surface area contributed by atoms with Gasteiger partial charge in [-0.1, -0.05) is 0 Å². The Hall–Kier alpha value is -1.41. The minimum Gasteiger partial charge on any atom is -0.384 e. The Morgan fingerprint density at radius 1 is 1.60 bits per heavy atom. The average Bonchev–Trinajstić information content (AvgIpc) is 2.19. The number of anilines is 1. The lowest BCUT2D eigenvalue weighted by molar-refractivity contribution is 0.150. The normalized spacial score (nSPS) is 10.3. The third-order valence-corrected chi connectivity index (χ3v) is 2.13. The van der Waals surface area contributed by atoms with Crippen molar-refractivity contribution in [3.8, 4) is 6.07 Å². The van der Waals surface area contributed by atoms with Crippen LogP contribution in [-0.2, 0) is 12.3 Å². The van der Waals surface area contributed by atoms with Gasteiger partial charge in [-0.05, 0) is 11.6 Å². The predicted octanol–water partition coefficient (Wildman–Crippen LogP) is 2.41. The van der Waals surface area contributed by atoms with Gasteiger partial charge in [0.25, 0.3) is 6.43 Å². The zero-order chi connectivity index (χ0) is 11.4. The molecule has 0 radical (unpaired) electrons. The van der Waals surface area contributed by atoms with Crippen molar-refractivity contribution in [2.24, 2.45) is 0 Å². The summed E-state index contributed by atoms with van der Waals surface area (Å²) in [5, 5.41) is 8.52. The quantitative estimate of drug-likeness (QED) is 0.813. The molecule has 80 valence electrons. The lowest BCUT2D eigenvalue weighted by Crippen LogP contribution is -2.05. The molecule has 1 heterocycles. The zero-order valence-corrected chi connectivity index (χ0v) is 8.43. The average molecular weight is 232 g/mol. The van der Waals surface area contributed by atoms with E-state index in [0.29, 0.717) is 0 Å². The highest BCUT2D eigenvalue weighted by Crippen LogP contribution is 2.27. The Morgan fingerprint density at radius 3 is 2.73 bits per heavy atom. The molecule has 0 amide bonds. The number of nitrogen functional groups attached to an aromatic ring is 1. The second-order valence-corrected chi connectivity index (χ2v) is 3.10. The summed E-state index contributed by atoms with van der Waals surface area (Å²) < 4.78 is 25.2. The van der Waals surface area contributed by atoms with Gasteiger partial charge in [-0.3, -0.25) is 0 Å². The Kier molecular flexibility index (Phi) is 3.81. The zero-order valence-electron chi connectivity index (χ0n) is 7.67. The summed E-state index contributed by atoms with van der Waals surface area (Å²) in [6, 6.07) is 2.88. The maximum Gasteiger partial charge on any atom is 0.264 e. The van der Waals surface area contributed by atoms with Gasteiger partial charge in [-0.25, -0.2) is 13.8 Å². The molecule has 1 aromatic heterocycles. The van der Waals surface area contributed by atoms with E-state index in [9.17, 15) is 8.78 Å². The molecule has 0 spiro atoms. The summed E-state index contributed by atoms with van der Waals surface area (Å²) >= 11 is 5.54. The first-order valence-corrected chi connectivity index (χ1v) is 4.62. The highest BCUT2D eigenvalue weighted by atomic mass is 35.5. The van der Waals surface area contributed by atoms with Gasteiger partial charge in [0.05, 0.1) is 24.1 Å². The summed E-state index contributed by atoms with van der Waals surface area (Å²) in [5.74, 6) is -0.0514. The van der Waals surface area contributed by atoms with Gasteiger partial charge in [-0.2, -0.15) is 5.26 Å². The molecular weight excluding hydrogens is 224 g/mol. The van der Waals surface area contributed by atoms with Crippen LogP contribution < -0.4 is 5.73 Å². The molecule has 0 fully saturated rings. The van der Waals surface area contributed by atoms with Crippen molar-refractivity contribution in [3.63, 3.8) is 0 Å². The molecular formula is C9H8ClF2N3. The van der Waals surface area contributed by atoms with Gasteiger partial charge >= 0.3 is 0 Å². The smallest absolute Gasteiger partial charge is 0.264 e. The maximum absolute atomic E-state index is 12.6. The van der Waals surface area contributed by atoms with Crippen molar-refractivity contribution in [2.45, 2.75) is 18.7 Å². The van der Waals surface area contributed by atoms with Crippen LogP contribution in [0.3, 0.4) is 0 Å². The number of nitrogens with zero attached hydrogens (tertiary/aromatic N) is 2. The second kappa shape index (κ2) is 4.89. The maximum atomic E-state index is 12.6. The molecule has 0 atom stereocenters. The van der Waals surface area contributed by atoms with Gasteiger partial charge in [0, 0.05) is 5.56 Å². The predicted molar refractivity (Wildman–Crippen MR) is 52.5 cm³/mol. The number of nitriles is 1. The monoisotopic (exact) mass is 231 g/mol. The number of nitrogens with two attached hydrogens (primary N) is 1. The molecule has 0 aromatic carbocycles. The Balaban J connectivity index is 3.34. The molecule has 0 saturated carbocycles. The van der Waals surface area contributed by atoms with Crippen molar-refractivity contribution in [2.75, 3.05) is 5.73 Å². The van der Waals surface area contributed by atoms with Crippen LogP contribution in [0.25, 0.3) is 0 Å². The van der Waals surface area contributed by atoms with E-state index in [-0.39, 0.29) is 34.9 Å². The first-order valence-electron chi connectivity index (χ1n) is 4.09. The van der Waals surface area contributed by atoms with Gasteiger partial charge in [0.2, 0.25) is 0 Å². The molecule has 1 rings (SSSR count). The minimum atomic E-state index is -2.68. The Morgan fingerprint density at radius 2 is 2.27 bits per heavy atom. The number of alkyl halides is 3. The number of rotatable bonds is 3. The topological polar surface area (TPSA) is 62.7 Å². The number of pyridine rings is 1. The van der Waals surface area contributed by atoms with E-state index in [1.165, 1.54) is 0 Å². The van der Waals surface area contributed by atoms with E-state index in [1.807, 2.05) is 0 Å². The number of hydrogen-bond donors (Lipinski definition) is 1. The van der Waals surface area contributed by atoms with Crippen LogP contribution in [0.2, 0.25) is 0 Å². The summed E-state index contributed by atoms with van der Waals surface area (Å²) in [6.45, 7) is 0. The van der Waals surface area contributed by atoms with E-state index >= 15 is 0 Å². The molecule has 15 heavy (non-hydrogen) atoms. The molecule has 0 unspecified atom stereocenters. The Bertz CT molecular complexity index is 401. The molecule has 0 aliphatic carbocycles. The summed E-state index contributed by atoms with van der Waals surface area (Å²) in [6.07, 6.45) is -2.82. The third kappa shape index (κ3) is 2.54. The molecule has 0 saturated heterocycles. The molecule has 0 bridgehead atoms. The first kappa shape index (κ1) is 11.7. The highest BCUT2D eigenvalue weighted by Gasteiger charge is 2.17. The summed E-state index contributed by atoms with van der Waals surface area (Å²) in [7, 11) is 0. The van der Waals surface area contributed by atoms with Crippen LogP contribution in [0.1, 0.15) is 23.2 Å². The molecule has 0 aliphatic heterocycles. The number of hydrogen-bond acceptors (Lipinski definition) is 3. The lowest BCUT2D eigenvalue weighted by atomic mass is 10.0. The molecule has 2 N–H and O–H groups in total. The van der Waals surface area contributed by atoms with Crippen molar-refractivity contribution in [3.05, 3.63) is 22.9 Å². The fourth-order valence-corrected chi connectivity index (χ4v) is 1.48. The molecule has 6 heteroatoms. The minimum absolute atomic E-state index is 0.0114. The summed E-state index contributed by atoms with van der Waals surface area (Å²) in [4.78, 5) is 3.81. The van der Waals surface area contributed by atoms with Gasteiger partial charge in [-0.15, -0.1) is 11.6 Å². The SMILES string of the molecule is N#CCc1c(C(F)F)cc(N)nc1CCl. The van der Waals surface area contributed by atoms with Crippen molar-refractivity contribution >= 4 is 17.4 Å². The van der Waals surface area contributed by atoms with Crippen LogP contribution in [0.15, 0.2) is 6.07 Å². The van der Waals surface area contributed by atoms with E-state index in [1.54, 1.807) is 6.07 Å². The van der Waals surface area contributed by atoms with Crippen molar-refractivity contribution < 1.29 is 8.78 Å². The van der Waals surface area contributed by atoms with Crippen LogP contribution in [0.4, 0.5) is 14.6 Å². The Labute approximate surface area is 90.5 Å². The van der Waals surface area contributed by atoms with Crippen LogP contribution >= 0.6 is 11.6 Å². The van der Waals surface area contributed by atoms with Gasteiger partial charge in [0.15, 0.2) is 0 Å². The molecule has 0 aliphatic rings. The lowest BCUT2D eigenvalue weighted by Gasteiger charge is -2.10. The first-order chi connectivity index (χ1) is 7.10. The van der Waals surface area contributed by atoms with E-state index in [4.69, 9.17) is 22.6 Å². The third-order valence-electron chi connectivity index (χ3n) is 1.88. The van der Waals surface area contributed by atoms with E-state index in [2.05, 4.69) is 4.98 Å². The number of halogens is 3. The van der Waals surface area contributed by atoms with Gasteiger partial charge in [0.1, 0.15) is 5.82 Å².